The summed E-state index contributed by atoms with van der Waals surface area (Å²) < 4.78 is 7.23. The van der Waals surface area contributed by atoms with Crippen molar-refractivity contribution in [1.82, 2.24) is 14.5 Å². The molecule has 0 aliphatic carbocycles. The zero-order chi connectivity index (χ0) is 23.2. The first kappa shape index (κ1) is 22.6. The third-order valence-corrected chi connectivity index (χ3v) is 6.81. The van der Waals surface area contributed by atoms with E-state index in [9.17, 15) is 14.9 Å². The Labute approximate surface area is 196 Å². The van der Waals surface area contributed by atoms with E-state index in [1.807, 2.05) is 48.0 Å². The Balaban J connectivity index is 1.36. The van der Waals surface area contributed by atoms with Gasteiger partial charge in [0.15, 0.2) is 0 Å². The Hall–Kier alpha value is -3.64. The Morgan fingerprint density at radius 2 is 2.15 bits per heavy atom. The molecule has 0 saturated heterocycles. The first-order valence-corrected chi connectivity index (χ1v) is 11.6. The second-order valence-electron chi connectivity index (χ2n) is 7.97. The molecule has 0 fully saturated rings. The van der Waals surface area contributed by atoms with Crippen molar-refractivity contribution in [1.29, 1.82) is 5.26 Å². The predicted molar refractivity (Wildman–Crippen MR) is 125 cm³/mol. The smallest absolute Gasteiger partial charge is 0.410 e. The van der Waals surface area contributed by atoms with Crippen LogP contribution in [0.1, 0.15) is 40.8 Å². The Kier molecular flexibility index (Phi) is 7.05. The maximum Gasteiger partial charge on any atom is 0.410 e. The van der Waals surface area contributed by atoms with Gasteiger partial charge in [0.2, 0.25) is 5.91 Å². The van der Waals surface area contributed by atoms with Gasteiger partial charge in [-0.3, -0.25) is 4.79 Å². The third-order valence-electron chi connectivity index (χ3n) is 5.67. The number of nitrogens with one attached hydrogen (secondary N) is 1. The molecule has 4 rings (SSSR count). The van der Waals surface area contributed by atoms with Gasteiger partial charge >= 0.3 is 6.09 Å². The minimum absolute atomic E-state index is 0.0684. The van der Waals surface area contributed by atoms with Gasteiger partial charge in [-0.05, 0) is 23.5 Å². The molecule has 3 heterocycles. The number of imidazole rings is 1. The zero-order valence-electron chi connectivity index (χ0n) is 18.4. The average Bonchev–Trinajstić information content (AvgIpc) is 3.46. The monoisotopic (exact) mass is 463 g/mol. The van der Waals surface area contributed by atoms with E-state index >= 15 is 0 Å². The molecule has 0 bridgehead atoms. The average molecular weight is 464 g/mol. The lowest BCUT2D eigenvalue weighted by Crippen LogP contribution is -2.36. The van der Waals surface area contributed by atoms with Crippen LogP contribution in [0.2, 0.25) is 0 Å². The van der Waals surface area contributed by atoms with Crippen molar-refractivity contribution in [3.63, 3.8) is 0 Å². The van der Waals surface area contributed by atoms with E-state index in [0.29, 0.717) is 43.0 Å². The Bertz CT molecular complexity index is 1150. The maximum absolute atomic E-state index is 12.7. The van der Waals surface area contributed by atoms with E-state index in [0.717, 1.165) is 16.0 Å². The van der Waals surface area contributed by atoms with Crippen LogP contribution in [0.25, 0.3) is 0 Å². The summed E-state index contributed by atoms with van der Waals surface area (Å²) in [6, 6.07) is 12.1. The minimum Gasteiger partial charge on any atom is -0.448 e. The van der Waals surface area contributed by atoms with Gasteiger partial charge in [-0.2, -0.15) is 5.26 Å². The molecule has 1 aliphatic rings. The summed E-state index contributed by atoms with van der Waals surface area (Å²) >= 11 is 1.36. The molecule has 0 radical (unpaired) electrons. The van der Waals surface area contributed by atoms with Gasteiger partial charge in [0.25, 0.3) is 0 Å². The molecule has 1 aromatic carbocycles. The number of hydrogen-bond donors (Lipinski definition) is 1. The van der Waals surface area contributed by atoms with Crippen molar-refractivity contribution in [3.05, 3.63) is 70.6 Å². The number of ether oxygens (including phenoxy) is 1. The van der Waals surface area contributed by atoms with Crippen molar-refractivity contribution in [2.75, 3.05) is 18.5 Å². The Morgan fingerprint density at radius 3 is 2.88 bits per heavy atom. The standard InChI is InChI=1S/C24H25N5O3S/c1-17(18-5-3-2-4-6-18)13-22(30)27-23-20(14-25)19-7-9-29(15-21(19)33-23)24(31)32-12-11-28-10-8-26-16-28/h2-6,8,10,16-17H,7,9,11-13,15H2,1H3,(H,27,30)/t17-/m0/s1. The van der Waals surface area contributed by atoms with Crippen LogP contribution < -0.4 is 5.32 Å². The molecular weight excluding hydrogens is 438 g/mol. The van der Waals surface area contributed by atoms with Crippen molar-refractivity contribution in [3.8, 4) is 6.07 Å². The molecule has 9 heteroatoms. The quantitative estimate of drug-likeness (QED) is 0.568. The fraction of sp³-hybridized carbons (Fsp3) is 0.333. The largest absolute Gasteiger partial charge is 0.448 e. The minimum atomic E-state index is -0.380. The lowest BCUT2D eigenvalue weighted by molar-refractivity contribution is -0.116. The summed E-state index contributed by atoms with van der Waals surface area (Å²) in [6.45, 7) is 3.65. The second kappa shape index (κ2) is 10.3. The molecule has 2 aromatic heterocycles. The molecule has 0 spiro atoms. The van der Waals surface area contributed by atoms with Crippen LogP contribution in [0.3, 0.4) is 0 Å². The second-order valence-corrected chi connectivity index (χ2v) is 9.08. The van der Waals surface area contributed by atoms with E-state index < -0.39 is 0 Å². The van der Waals surface area contributed by atoms with E-state index in [1.165, 1.54) is 11.3 Å². The number of anilines is 1. The van der Waals surface area contributed by atoms with Crippen LogP contribution in [-0.2, 0) is 29.0 Å². The van der Waals surface area contributed by atoms with Gasteiger partial charge in [0.1, 0.15) is 17.7 Å². The highest BCUT2D eigenvalue weighted by atomic mass is 32.1. The molecule has 1 atom stereocenters. The number of nitrogens with zero attached hydrogens (tertiary/aromatic N) is 4. The number of thiophene rings is 1. The molecule has 170 valence electrons. The summed E-state index contributed by atoms with van der Waals surface area (Å²) in [4.78, 5) is 31.7. The number of benzene rings is 1. The van der Waals surface area contributed by atoms with Crippen molar-refractivity contribution in [2.24, 2.45) is 0 Å². The number of carbonyl (C=O) groups excluding carboxylic acids is 2. The van der Waals surface area contributed by atoms with Crippen LogP contribution in [0.5, 0.6) is 0 Å². The van der Waals surface area contributed by atoms with Crippen LogP contribution in [0, 0.1) is 11.3 Å². The van der Waals surface area contributed by atoms with Gasteiger partial charge in [0, 0.05) is 30.2 Å². The number of nitriles is 1. The summed E-state index contributed by atoms with van der Waals surface area (Å²) in [5, 5.41) is 13.2. The number of carbonyl (C=O) groups is 2. The first-order valence-electron chi connectivity index (χ1n) is 10.8. The summed E-state index contributed by atoms with van der Waals surface area (Å²) in [7, 11) is 0. The SMILES string of the molecule is C[C@@H](CC(=O)Nc1sc2c(c1C#N)CCN(C(=O)OCCn1ccnc1)C2)c1ccccc1. The number of rotatable bonds is 7. The number of aromatic nitrogens is 2. The highest BCUT2D eigenvalue weighted by molar-refractivity contribution is 7.16. The molecule has 0 unspecified atom stereocenters. The van der Waals surface area contributed by atoms with Gasteiger partial charge < -0.3 is 19.5 Å². The molecule has 33 heavy (non-hydrogen) atoms. The zero-order valence-corrected chi connectivity index (χ0v) is 19.2. The lowest BCUT2D eigenvalue weighted by atomic mass is 9.97. The van der Waals surface area contributed by atoms with Gasteiger partial charge in [0.05, 0.1) is 25.0 Å². The molecule has 1 N–H and O–H groups in total. The first-order chi connectivity index (χ1) is 16.0. The highest BCUT2D eigenvalue weighted by Gasteiger charge is 2.28. The maximum atomic E-state index is 12.7. The van der Waals surface area contributed by atoms with E-state index in [1.54, 1.807) is 17.4 Å². The number of hydrogen-bond acceptors (Lipinski definition) is 6. The molecule has 0 saturated carbocycles. The molecule has 1 aliphatic heterocycles. The van der Waals surface area contributed by atoms with Gasteiger partial charge in [-0.15, -0.1) is 11.3 Å². The summed E-state index contributed by atoms with van der Waals surface area (Å²) in [5.74, 6) is -0.0591. The van der Waals surface area contributed by atoms with Crippen LogP contribution >= 0.6 is 11.3 Å². The van der Waals surface area contributed by atoms with Gasteiger partial charge in [-0.25, -0.2) is 9.78 Å². The van der Waals surface area contributed by atoms with Gasteiger partial charge in [-0.1, -0.05) is 37.3 Å². The highest BCUT2D eigenvalue weighted by Crippen LogP contribution is 2.37. The predicted octanol–water partition coefficient (Wildman–Crippen LogP) is 4.14. The van der Waals surface area contributed by atoms with Crippen molar-refractivity contribution in [2.45, 2.75) is 38.8 Å². The van der Waals surface area contributed by atoms with E-state index in [2.05, 4.69) is 16.4 Å². The molecule has 3 aromatic rings. The molecule has 8 nitrogen and oxygen atoms in total. The third kappa shape index (κ3) is 5.41. The van der Waals surface area contributed by atoms with E-state index in [4.69, 9.17) is 4.74 Å². The van der Waals surface area contributed by atoms with Crippen LogP contribution in [0.4, 0.5) is 9.80 Å². The lowest BCUT2D eigenvalue weighted by Gasteiger charge is -2.26. The Morgan fingerprint density at radius 1 is 1.33 bits per heavy atom. The topological polar surface area (TPSA) is 100 Å². The molecule has 2 amide bonds. The normalized spacial score (nSPS) is 13.6. The number of amides is 2. The van der Waals surface area contributed by atoms with Crippen molar-refractivity contribution >= 4 is 28.3 Å². The van der Waals surface area contributed by atoms with Crippen LogP contribution in [-0.4, -0.2) is 39.6 Å². The summed E-state index contributed by atoms with van der Waals surface area (Å²) in [6.07, 6.45) is 5.67. The molecular formula is C24H25N5O3S. The fourth-order valence-electron chi connectivity index (χ4n) is 3.87. The number of fused-ring (bicyclic) bond motifs is 1. The van der Waals surface area contributed by atoms with Crippen LogP contribution in [0.15, 0.2) is 49.1 Å². The van der Waals surface area contributed by atoms with Crippen molar-refractivity contribution < 1.29 is 14.3 Å². The summed E-state index contributed by atoms with van der Waals surface area (Å²) in [5.41, 5.74) is 2.51. The fourth-order valence-corrected chi connectivity index (χ4v) is 5.10. The van der Waals surface area contributed by atoms with E-state index in [-0.39, 0.29) is 24.5 Å².